The molecule has 0 spiro atoms. The summed E-state index contributed by atoms with van der Waals surface area (Å²) in [5, 5.41) is 0. The molecule has 0 aliphatic rings. The van der Waals surface area contributed by atoms with Gasteiger partial charge in [0.25, 0.3) is 0 Å². The van der Waals surface area contributed by atoms with Gasteiger partial charge >= 0.3 is 0 Å². The Morgan fingerprint density at radius 1 is 1.00 bits per heavy atom. The highest BCUT2D eigenvalue weighted by molar-refractivity contribution is 7.80. The molecule has 2 N–H and O–H groups in total. The maximum absolute atomic E-state index is 5.81. The van der Waals surface area contributed by atoms with Crippen LogP contribution in [0.2, 0.25) is 0 Å². The third-order valence-electron chi connectivity index (χ3n) is 2.47. The second-order valence-corrected chi connectivity index (χ2v) is 4.20. The lowest BCUT2D eigenvalue weighted by Gasteiger charge is -2.08. The summed E-state index contributed by atoms with van der Waals surface area (Å²) >= 11 is 4.20. The van der Waals surface area contributed by atoms with Gasteiger partial charge in [-0.2, -0.15) is 12.6 Å². The van der Waals surface area contributed by atoms with E-state index < -0.39 is 0 Å². The van der Waals surface area contributed by atoms with E-state index in [-0.39, 0.29) is 12.4 Å². The number of halogens is 1. The van der Waals surface area contributed by atoms with E-state index in [2.05, 4.69) is 12.6 Å². The molecule has 0 saturated heterocycles. The van der Waals surface area contributed by atoms with Crippen molar-refractivity contribution in [2.75, 3.05) is 11.5 Å². The van der Waals surface area contributed by atoms with Crippen LogP contribution in [-0.2, 0) is 6.42 Å². The Balaban J connectivity index is 0.00000162. The van der Waals surface area contributed by atoms with Gasteiger partial charge in [-0.3, -0.25) is 0 Å². The molecular weight excluding hydrogens is 266 g/mol. The quantitative estimate of drug-likeness (QED) is 0.657. The third kappa shape index (κ3) is 3.86. The smallest absolute Gasteiger partial charge is 0.150 e. The number of rotatable bonds is 4. The van der Waals surface area contributed by atoms with Crippen LogP contribution in [0.15, 0.2) is 48.5 Å². The predicted octanol–water partition coefficient (Wildman–Crippen LogP) is 3.96. The molecule has 0 aliphatic carbocycles. The van der Waals surface area contributed by atoms with Gasteiger partial charge in [-0.1, -0.05) is 24.3 Å². The van der Waals surface area contributed by atoms with Gasteiger partial charge in [0.15, 0.2) is 0 Å². The zero-order chi connectivity index (χ0) is 12.1. The molecule has 0 fully saturated rings. The van der Waals surface area contributed by atoms with Crippen LogP contribution in [0.25, 0.3) is 0 Å². The first-order valence-electron chi connectivity index (χ1n) is 5.52. The minimum atomic E-state index is 0. The summed E-state index contributed by atoms with van der Waals surface area (Å²) in [5.41, 5.74) is 7.71. The molecule has 18 heavy (non-hydrogen) atoms. The van der Waals surface area contributed by atoms with E-state index >= 15 is 0 Å². The Morgan fingerprint density at radius 2 is 1.67 bits per heavy atom. The number of ether oxygens (including phenoxy) is 1. The summed E-state index contributed by atoms with van der Waals surface area (Å²) in [5.74, 6) is 2.34. The Kier molecular flexibility index (Phi) is 5.89. The minimum Gasteiger partial charge on any atom is -0.455 e. The summed E-state index contributed by atoms with van der Waals surface area (Å²) in [6.45, 7) is 0. The first-order chi connectivity index (χ1) is 8.29. The molecule has 2 rings (SSSR count). The number of para-hydroxylation sites is 2. The highest BCUT2D eigenvalue weighted by Gasteiger charge is 2.00. The van der Waals surface area contributed by atoms with E-state index in [9.17, 15) is 0 Å². The Hall–Kier alpha value is -1.32. The normalized spacial score (nSPS) is 9.61. The van der Waals surface area contributed by atoms with Crippen molar-refractivity contribution in [3.8, 4) is 11.5 Å². The van der Waals surface area contributed by atoms with Gasteiger partial charge in [0, 0.05) is 0 Å². The zero-order valence-corrected chi connectivity index (χ0v) is 11.6. The Bertz CT molecular complexity index is 487. The number of thiol groups is 1. The van der Waals surface area contributed by atoms with Crippen LogP contribution in [0.4, 0.5) is 5.69 Å². The van der Waals surface area contributed by atoms with Crippen LogP contribution >= 0.6 is 25.0 Å². The molecule has 0 amide bonds. The van der Waals surface area contributed by atoms with E-state index in [1.807, 2.05) is 48.5 Å². The molecule has 0 bridgehead atoms. The molecule has 2 nitrogen and oxygen atoms in total. The second-order valence-electron chi connectivity index (χ2n) is 3.76. The maximum atomic E-state index is 5.81. The molecule has 4 heteroatoms. The average Bonchev–Trinajstić information content (AvgIpc) is 2.35. The van der Waals surface area contributed by atoms with Crippen LogP contribution in [0.3, 0.4) is 0 Å². The van der Waals surface area contributed by atoms with Gasteiger partial charge in [-0.05, 0) is 42.0 Å². The summed E-state index contributed by atoms with van der Waals surface area (Å²) < 4.78 is 5.70. The Morgan fingerprint density at radius 3 is 2.28 bits per heavy atom. The van der Waals surface area contributed by atoms with Crippen LogP contribution in [0.1, 0.15) is 5.56 Å². The van der Waals surface area contributed by atoms with E-state index in [1.165, 1.54) is 5.56 Å². The fraction of sp³-hybridized carbons (Fsp3) is 0.143. The summed E-state index contributed by atoms with van der Waals surface area (Å²) in [6, 6.07) is 15.5. The van der Waals surface area contributed by atoms with Crippen LogP contribution in [0, 0.1) is 0 Å². The lowest BCUT2D eigenvalue weighted by atomic mass is 10.2. The molecule has 2 aromatic carbocycles. The number of benzene rings is 2. The first kappa shape index (κ1) is 14.7. The van der Waals surface area contributed by atoms with Crippen molar-refractivity contribution >= 4 is 30.7 Å². The van der Waals surface area contributed by atoms with Gasteiger partial charge < -0.3 is 10.5 Å². The molecule has 0 aliphatic heterocycles. The fourth-order valence-electron chi connectivity index (χ4n) is 1.55. The molecule has 2 aromatic rings. The Labute approximate surface area is 119 Å². The van der Waals surface area contributed by atoms with Crippen LogP contribution < -0.4 is 10.5 Å². The number of nitrogens with two attached hydrogens (primary N) is 1. The minimum absolute atomic E-state index is 0. The number of nitrogen functional groups attached to an aromatic ring is 1. The monoisotopic (exact) mass is 281 g/mol. The van der Waals surface area contributed by atoms with Crippen molar-refractivity contribution in [1.82, 2.24) is 0 Å². The van der Waals surface area contributed by atoms with Gasteiger partial charge in [0.2, 0.25) is 0 Å². The summed E-state index contributed by atoms with van der Waals surface area (Å²) in [6.07, 6.45) is 0.969. The maximum Gasteiger partial charge on any atom is 0.150 e. The zero-order valence-electron chi connectivity index (χ0n) is 9.87. The van der Waals surface area contributed by atoms with Crippen molar-refractivity contribution < 1.29 is 4.74 Å². The van der Waals surface area contributed by atoms with Crippen molar-refractivity contribution in [1.29, 1.82) is 0 Å². The molecule has 0 aromatic heterocycles. The number of hydrogen-bond acceptors (Lipinski definition) is 3. The summed E-state index contributed by atoms with van der Waals surface area (Å²) in [4.78, 5) is 0. The molecule has 0 unspecified atom stereocenters. The van der Waals surface area contributed by atoms with Gasteiger partial charge in [0.1, 0.15) is 11.5 Å². The first-order valence-corrected chi connectivity index (χ1v) is 6.15. The topological polar surface area (TPSA) is 35.2 Å². The fourth-order valence-corrected chi connectivity index (χ4v) is 1.81. The van der Waals surface area contributed by atoms with Gasteiger partial charge in [0.05, 0.1) is 5.69 Å². The van der Waals surface area contributed by atoms with E-state index in [1.54, 1.807) is 0 Å². The van der Waals surface area contributed by atoms with Gasteiger partial charge in [-0.25, -0.2) is 0 Å². The van der Waals surface area contributed by atoms with E-state index in [0.29, 0.717) is 11.4 Å². The molecule has 0 radical (unpaired) electrons. The average molecular weight is 282 g/mol. The SMILES string of the molecule is Cl.Nc1ccccc1Oc1ccc(CCS)cc1. The standard InChI is InChI=1S/C14H15NOS.ClH/c15-13-3-1-2-4-14(13)16-12-7-5-11(6-8-12)9-10-17;/h1-8,17H,9-10,15H2;1H. The van der Waals surface area contributed by atoms with Crippen molar-refractivity contribution in [2.45, 2.75) is 6.42 Å². The highest BCUT2D eigenvalue weighted by Crippen LogP contribution is 2.26. The van der Waals surface area contributed by atoms with Crippen molar-refractivity contribution in [3.05, 3.63) is 54.1 Å². The molecular formula is C14H16ClNOS. The van der Waals surface area contributed by atoms with E-state index in [0.717, 1.165) is 17.9 Å². The van der Waals surface area contributed by atoms with Gasteiger partial charge in [-0.15, -0.1) is 12.4 Å². The highest BCUT2D eigenvalue weighted by atomic mass is 35.5. The molecule has 96 valence electrons. The number of anilines is 1. The van der Waals surface area contributed by atoms with Crippen molar-refractivity contribution in [3.63, 3.8) is 0 Å². The number of aryl methyl sites for hydroxylation is 1. The predicted molar refractivity (Wildman–Crippen MR) is 82.2 cm³/mol. The van der Waals surface area contributed by atoms with Crippen LogP contribution in [0.5, 0.6) is 11.5 Å². The lowest BCUT2D eigenvalue weighted by Crippen LogP contribution is -1.92. The number of hydrogen-bond donors (Lipinski definition) is 2. The third-order valence-corrected chi connectivity index (χ3v) is 2.69. The van der Waals surface area contributed by atoms with E-state index in [4.69, 9.17) is 10.5 Å². The van der Waals surface area contributed by atoms with Crippen LogP contribution in [-0.4, -0.2) is 5.75 Å². The molecule has 0 heterocycles. The second kappa shape index (κ2) is 7.19. The largest absolute Gasteiger partial charge is 0.455 e. The molecule has 0 saturated carbocycles. The lowest BCUT2D eigenvalue weighted by molar-refractivity contribution is 0.485. The van der Waals surface area contributed by atoms with Crippen molar-refractivity contribution in [2.24, 2.45) is 0 Å². The molecule has 0 atom stereocenters. The summed E-state index contributed by atoms with van der Waals surface area (Å²) in [7, 11) is 0.